The van der Waals surface area contributed by atoms with Crippen LogP contribution in [0.4, 0.5) is 14.9 Å². The number of thiophene rings is 1. The highest BCUT2D eigenvalue weighted by Gasteiger charge is 2.18. The summed E-state index contributed by atoms with van der Waals surface area (Å²) in [5, 5.41) is 6.99. The predicted molar refractivity (Wildman–Crippen MR) is 84.2 cm³/mol. The second kappa shape index (κ2) is 7.04. The Labute approximate surface area is 131 Å². The third-order valence-electron chi connectivity index (χ3n) is 3.05. The van der Waals surface area contributed by atoms with Crippen molar-refractivity contribution in [3.8, 4) is 0 Å². The van der Waals surface area contributed by atoms with Gasteiger partial charge in [0.15, 0.2) is 0 Å². The number of carbonyl (C=O) groups excluding carboxylic acids is 2. The van der Waals surface area contributed by atoms with Crippen LogP contribution in [0.3, 0.4) is 0 Å². The van der Waals surface area contributed by atoms with Crippen LogP contribution >= 0.6 is 11.3 Å². The molecule has 1 aromatic heterocycles. The number of nitrogens with one attached hydrogen (secondary N) is 2. The number of hydrogen-bond acceptors (Lipinski definition) is 3. The second-order valence-corrected chi connectivity index (χ2v) is 5.77. The van der Waals surface area contributed by atoms with Gasteiger partial charge in [-0.15, -0.1) is 11.3 Å². The van der Waals surface area contributed by atoms with Gasteiger partial charge in [0, 0.05) is 10.6 Å². The Morgan fingerprint density at radius 1 is 1.36 bits per heavy atom. The number of aryl methyl sites for hydroxylation is 1. The van der Waals surface area contributed by atoms with E-state index in [1.165, 1.54) is 17.4 Å². The maximum atomic E-state index is 13.5. The zero-order valence-corrected chi connectivity index (χ0v) is 12.7. The molecule has 0 saturated carbocycles. The molecule has 0 fully saturated rings. The molecule has 1 atom stereocenters. The largest absolute Gasteiger partial charge is 0.352 e. The van der Waals surface area contributed by atoms with Gasteiger partial charge >= 0.3 is 6.03 Å². The van der Waals surface area contributed by atoms with Gasteiger partial charge in [-0.25, -0.2) is 9.18 Å². The first-order valence-corrected chi connectivity index (χ1v) is 7.49. The Bertz CT molecular complexity index is 673. The molecular formula is C15H16FN3O2S. The van der Waals surface area contributed by atoms with Crippen LogP contribution in [0.1, 0.15) is 22.9 Å². The maximum Gasteiger partial charge on any atom is 0.312 e. The van der Waals surface area contributed by atoms with Gasteiger partial charge in [0.2, 0.25) is 5.91 Å². The van der Waals surface area contributed by atoms with E-state index in [1.807, 2.05) is 17.5 Å². The Morgan fingerprint density at radius 2 is 2.14 bits per heavy atom. The molecule has 3 amide bonds. The van der Waals surface area contributed by atoms with Crippen molar-refractivity contribution in [2.45, 2.75) is 19.4 Å². The van der Waals surface area contributed by atoms with Gasteiger partial charge in [-0.3, -0.25) is 4.79 Å². The lowest BCUT2D eigenvalue weighted by molar-refractivity contribution is -0.116. The van der Waals surface area contributed by atoms with E-state index in [9.17, 15) is 14.0 Å². The Morgan fingerprint density at radius 3 is 2.73 bits per heavy atom. The molecular weight excluding hydrogens is 305 g/mol. The molecule has 1 unspecified atom stereocenters. The van der Waals surface area contributed by atoms with Crippen LogP contribution in [0.25, 0.3) is 0 Å². The lowest BCUT2D eigenvalue weighted by Gasteiger charge is -2.16. The first-order valence-electron chi connectivity index (χ1n) is 6.61. The summed E-state index contributed by atoms with van der Waals surface area (Å²) in [5.74, 6) is -0.724. The fourth-order valence-electron chi connectivity index (χ4n) is 1.95. The minimum atomic E-state index is -0.701. The van der Waals surface area contributed by atoms with Crippen LogP contribution < -0.4 is 16.4 Å². The zero-order valence-electron chi connectivity index (χ0n) is 11.9. The van der Waals surface area contributed by atoms with Crippen LogP contribution in [0, 0.1) is 12.7 Å². The van der Waals surface area contributed by atoms with E-state index in [1.54, 1.807) is 19.1 Å². The number of halogens is 1. The van der Waals surface area contributed by atoms with Crippen molar-refractivity contribution < 1.29 is 14.0 Å². The zero-order chi connectivity index (χ0) is 16.1. The molecule has 7 heteroatoms. The molecule has 0 radical (unpaired) electrons. The van der Waals surface area contributed by atoms with Crippen LogP contribution in [0.2, 0.25) is 0 Å². The van der Waals surface area contributed by atoms with Crippen molar-refractivity contribution in [2.24, 2.45) is 5.73 Å². The van der Waals surface area contributed by atoms with Crippen molar-refractivity contribution in [3.05, 3.63) is 52.0 Å². The van der Waals surface area contributed by atoms with E-state index in [0.717, 1.165) is 4.88 Å². The van der Waals surface area contributed by atoms with E-state index in [2.05, 4.69) is 10.6 Å². The van der Waals surface area contributed by atoms with Gasteiger partial charge in [-0.2, -0.15) is 0 Å². The third kappa shape index (κ3) is 4.29. The molecule has 0 aliphatic carbocycles. The minimum absolute atomic E-state index is 0.0128. The summed E-state index contributed by atoms with van der Waals surface area (Å²) >= 11 is 1.42. The first-order chi connectivity index (χ1) is 10.5. The fourth-order valence-corrected chi connectivity index (χ4v) is 2.73. The summed E-state index contributed by atoms with van der Waals surface area (Å²) in [6.07, 6.45) is 0.0128. The molecule has 1 aromatic carbocycles. The van der Waals surface area contributed by atoms with E-state index in [-0.39, 0.29) is 18.1 Å². The van der Waals surface area contributed by atoms with E-state index in [4.69, 9.17) is 5.73 Å². The molecule has 0 spiro atoms. The van der Waals surface area contributed by atoms with Gasteiger partial charge in [0.05, 0.1) is 12.5 Å². The minimum Gasteiger partial charge on any atom is -0.352 e. The second-order valence-electron chi connectivity index (χ2n) is 4.79. The summed E-state index contributed by atoms with van der Waals surface area (Å²) in [4.78, 5) is 24.0. The van der Waals surface area contributed by atoms with Crippen molar-refractivity contribution in [1.29, 1.82) is 0 Å². The molecule has 2 aromatic rings. The number of carbonyl (C=O) groups is 2. The van der Waals surface area contributed by atoms with Crippen molar-refractivity contribution in [1.82, 2.24) is 5.32 Å². The quantitative estimate of drug-likeness (QED) is 0.791. The van der Waals surface area contributed by atoms with Crippen LogP contribution in [0.15, 0.2) is 35.7 Å². The topological polar surface area (TPSA) is 84.2 Å². The number of primary amides is 1. The molecule has 0 aliphatic heterocycles. The number of amides is 3. The summed E-state index contributed by atoms with van der Waals surface area (Å²) in [5.41, 5.74) is 6.01. The highest BCUT2D eigenvalue weighted by atomic mass is 32.1. The number of urea groups is 1. The molecule has 2 rings (SSSR count). The summed E-state index contributed by atoms with van der Waals surface area (Å²) in [6, 6.07) is 6.89. The van der Waals surface area contributed by atoms with Crippen LogP contribution in [-0.2, 0) is 4.79 Å². The normalized spacial score (nSPS) is 11.7. The Kier molecular flexibility index (Phi) is 5.11. The Balaban J connectivity index is 2.04. The van der Waals surface area contributed by atoms with Gasteiger partial charge in [-0.05, 0) is 36.1 Å². The van der Waals surface area contributed by atoms with Crippen LogP contribution in [-0.4, -0.2) is 11.9 Å². The average Bonchev–Trinajstić information content (AvgIpc) is 2.95. The smallest absolute Gasteiger partial charge is 0.312 e. The van der Waals surface area contributed by atoms with E-state index >= 15 is 0 Å². The van der Waals surface area contributed by atoms with Crippen molar-refractivity contribution in [2.75, 3.05) is 5.32 Å². The summed E-state index contributed by atoms with van der Waals surface area (Å²) < 4.78 is 13.5. The van der Waals surface area contributed by atoms with Gasteiger partial charge in [0.1, 0.15) is 5.82 Å². The fraction of sp³-hybridized carbons (Fsp3) is 0.200. The molecule has 1 heterocycles. The first kappa shape index (κ1) is 16.0. The third-order valence-corrected chi connectivity index (χ3v) is 4.03. The van der Waals surface area contributed by atoms with Gasteiger partial charge in [0.25, 0.3) is 0 Å². The average molecular weight is 321 g/mol. The van der Waals surface area contributed by atoms with Crippen molar-refractivity contribution in [3.63, 3.8) is 0 Å². The SMILES string of the molecule is Cc1ccc(NC(=O)CC(NC(N)=O)c2cccs2)cc1F. The Hall–Kier alpha value is -2.41. The number of nitrogens with two attached hydrogens (primary N) is 1. The number of hydrogen-bond donors (Lipinski definition) is 3. The molecule has 22 heavy (non-hydrogen) atoms. The maximum absolute atomic E-state index is 13.5. The molecule has 5 nitrogen and oxygen atoms in total. The van der Waals surface area contributed by atoms with Gasteiger partial charge < -0.3 is 16.4 Å². The standard InChI is InChI=1S/C15H16FN3O2S/c1-9-4-5-10(7-11(9)16)18-14(20)8-12(19-15(17)21)13-3-2-6-22-13/h2-7,12H,8H2,1H3,(H,18,20)(H3,17,19,21). The van der Waals surface area contributed by atoms with E-state index in [0.29, 0.717) is 11.3 Å². The number of rotatable bonds is 5. The predicted octanol–water partition coefficient (Wildman–Crippen LogP) is 2.93. The molecule has 0 saturated heterocycles. The number of anilines is 1. The molecule has 0 bridgehead atoms. The highest BCUT2D eigenvalue weighted by molar-refractivity contribution is 7.10. The van der Waals surface area contributed by atoms with Crippen molar-refractivity contribution >= 4 is 29.0 Å². The monoisotopic (exact) mass is 321 g/mol. The van der Waals surface area contributed by atoms with Gasteiger partial charge in [-0.1, -0.05) is 12.1 Å². The molecule has 0 aliphatic rings. The van der Waals surface area contributed by atoms with Crippen LogP contribution in [0.5, 0.6) is 0 Å². The molecule has 4 N–H and O–H groups in total. The lowest BCUT2D eigenvalue weighted by Crippen LogP contribution is -2.34. The van der Waals surface area contributed by atoms with E-state index < -0.39 is 12.1 Å². The number of benzene rings is 1. The highest BCUT2D eigenvalue weighted by Crippen LogP contribution is 2.23. The lowest BCUT2D eigenvalue weighted by atomic mass is 10.1. The summed E-state index contributed by atoms with van der Waals surface area (Å²) in [7, 11) is 0. The summed E-state index contributed by atoms with van der Waals surface area (Å²) in [6.45, 7) is 1.64. The molecule has 116 valence electrons.